The first-order valence-electron chi connectivity index (χ1n) is 33.9. The summed E-state index contributed by atoms with van der Waals surface area (Å²) in [5.41, 5.74) is 0. The molecule has 6 nitrogen and oxygen atoms in total. The highest BCUT2D eigenvalue weighted by Crippen LogP contribution is 2.17. The van der Waals surface area contributed by atoms with E-state index in [1.807, 2.05) is 0 Å². The van der Waals surface area contributed by atoms with Gasteiger partial charge in [-0.2, -0.15) is 0 Å². The number of hydrogen-bond donors (Lipinski definition) is 0. The van der Waals surface area contributed by atoms with Crippen LogP contribution in [0, 0.1) is 0 Å². The van der Waals surface area contributed by atoms with E-state index in [1.54, 1.807) is 0 Å². The molecule has 0 bridgehead atoms. The molecule has 0 radical (unpaired) electrons. The van der Waals surface area contributed by atoms with Crippen LogP contribution in [-0.4, -0.2) is 37.2 Å². The molecule has 6 heteroatoms. The van der Waals surface area contributed by atoms with E-state index < -0.39 is 6.10 Å². The van der Waals surface area contributed by atoms with Crippen LogP contribution in [0.15, 0.2) is 72.9 Å². The number of hydrogen-bond acceptors (Lipinski definition) is 6. The fraction of sp³-hybridized carbons (Fsp3) is 0.792. The first kappa shape index (κ1) is 74.8. The summed E-state index contributed by atoms with van der Waals surface area (Å²) in [5.74, 6) is -0.870. The predicted octanol–water partition coefficient (Wildman–Crippen LogP) is 23.3. The summed E-state index contributed by atoms with van der Waals surface area (Å²) in [7, 11) is 0. The van der Waals surface area contributed by atoms with Crippen molar-refractivity contribution < 1.29 is 28.6 Å². The number of ether oxygens (including phenoxy) is 3. The van der Waals surface area contributed by atoms with Crippen molar-refractivity contribution in [1.29, 1.82) is 0 Å². The zero-order valence-corrected chi connectivity index (χ0v) is 51.9. The van der Waals surface area contributed by atoms with Gasteiger partial charge in [0.1, 0.15) is 13.2 Å². The molecule has 0 aliphatic heterocycles. The predicted molar refractivity (Wildman–Crippen MR) is 339 cm³/mol. The van der Waals surface area contributed by atoms with Gasteiger partial charge in [0, 0.05) is 19.3 Å². The molecule has 0 aromatic rings. The average molecular weight is 1090 g/mol. The molecule has 452 valence electrons. The highest BCUT2D eigenvalue weighted by atomic mass is 16.6. The summed E-state index contributed by atoms with van der Waals surface area (Å²) < 4.78 is 16.9. The molecule has 1 atom stereocenters. The molecule has 78 heavy (non-hydrogen) atoms. The Hall–Kier alpha value is -3.15. The topological polar surface area (TPSA) is 78.9 Å². The zero-order chi connectivity index (χ0) is 56.4. The van der Waals surface area contributed by atoms with Gasteiger partial charge in [0.2, 0.25) is 0 Å². The van der Waals surface area contributed by atoms with E-state index in [-0.39, 0.29) is 31.1 Å². The number of unbranched alkanes of at least 4 members (excludes halogenated alkanes) is 39. The maximum atomic E-state index is 12.9. The summed E-state index contributed by atoms with van der Waals surface area (Å²) in [4.78, 5) is 38.3. The molecule has 0 amide bonds. The Bertz CT molecular complexity index is 1440. The minimum absolute atomic E-state index is 0.0748. The minimum Gasteiger partial charge on any atom is -0.462 e. The molecule has 0 aromatic carbocycles. The van der Waals surface area contributed by atoms with Gasteiger partial charge in [-0.3, -0.25) is 14.4 Å². The molecule has 0 fully saturated rings. The van der Waals surface area contributed by atoms with E-state index in [9.17, 15) is 14.4 Å². The Morgan fingerprint density at radius 3 is 0.846 bits per heavy atom. The Morgan fingerprint density at radius 2 is 0.526 bits per heavy atom. The lowest BCUT2D eigenvalue weighted by Gasteiger charge is -2.18. The van der Waals surface area contributed by atoms with Gasteiger partial charge in [0.15, 0.2) is 6.10 Å². The molecule has 0 spiro atoms. The maximum Gasteiger partial charge on any atom is 0.306 e. The van der Waals surface area contributed by atoms with E-state index in [0.717, 1.165) is 96.3 Å². The lowest BCUT2D eigenvalue weighted by atomic mass is 10.0. The second-order valence-corrected chi connectivity index (χ2v) is 22.7. The quantitative estimate of drug-likeness (QED) is 0.0261. The number of esters is 3. The van der Waals surface area contributed by atoms with Crippen LogP contribution < -0.4 is 0 Å². The molecule has 0 rings (SSSR count). The lowest BCUT2D eigenvalue weighted by molar-refractivity contribution is -0.167. The third-order valence-corrected chi connectivity index (χ3v) is 14.9. The molecule has 0 saturated carbocycles. The molecule has 0 saturated heterocycles. The summed E-state index contributed by atoms with van der Waals surface area (Å²) >= 11 is 0. The number of carbonyl (C=O) groups excluding carboxylic acids is 3. The fourth-order valence-corrected chi connectivity index (χ4v) is 9.85. The van der Waals surface area contributed by atoms with Crippen molar-refractivity contribution in [2.24, 2.45) is 0 Å². The van der Waals surface area contributed by atoms with E-state index >= 15 is 0 Å². The molecular weight excluding hydrogens is 961 g/mol. The first-order valence-corrected chi connectivity index (χ1v) is 33.9. The van der Waals surface area contributed by atoms with Crippen LogP contribution in [0.4, 0.5) is 0 Å². The van der Waals surface area contributed by atoms with Gasteiger partial charge in [-0.05, 0) is 103 Å². The Morgan fingerprint density at radius 1 is 0.269 bits per heavy atom. The third-order valence-electron chi connectivity index (χ3n) is 14.9. The van der Waals surface area contributed by atoms with Crippen molar-refractivity contribution in [3.63, 3.8) is 0 Å². The van der Waals surface area contributed by atoms with Gasteiger partial charge in [-0.1, -0.05) is 299 Å². The fourth-order valence-electron chi connectivity index (χ4n) is 9.85. The van der Waals surface area contributed by atoms with Crippen molar-refractivity contribution in [2.75, 3.05) is 13.2 Å². The average Bonchev–Trinajstić information content (AvgIpc) is 3.44. The van der Waals surface area contributed by atoms with Gasteiger partial charge in [0.25, 0.3) is 0 Å². The van der Waals surface area contributed by atoms with Gasteiger partial charge in [-0.15, -0.1) is 0 Å². The standard InChI is InChI=1S/C72H128O6/c1-4-7-10-13-16-19-22-24-26-28-30-31-32-33-34-35-36-37-38-39-40-41-43-44-46-48-50-53-56-59-62-65-71(74)77-68-69(67-76-70(73)64-61-58-55-52-21-18-15-12-9-6-3)78-72(75)66-63-60-57-54-51-49-47-45-42-29-27-25-23-20-17-14-11-8-5-2/h7,10,12,15-16,19,24-27,30-31,69H,4-6,8-9,11,13-14,17-18,20-23,28-29,32-68H2,1-3H3/b10-7-,15-12-,19-16-,26-24-,27-25-,31-30-. The molecule has 1 unspecified atom stereocenters. The van der Waals surface area contributed by atoms with Gasteiger partial charge in [0.05, 0.1) is 0 Å². The Kier molecular flexibility index (Phi) is 63.7. The van der Waals surface area contributed by atoms with Crippen molar-refractivity contribution in [3.8, 4) is 0 Å². The first-order chi connectivity index (χ1) is 38.5. The van der Waals surface area contributed by atoms with E-state index in [0.29, 0.717) is 19.3 Å². The van der Waals surface area contributed by atoms with Crippen LogP contribution in [0.2, 0.25) is 0 Å². The molecular formula is C72H128O6. The molecule has 0 N–H and O–H groups in total. The summed E-state index contributed by atoms with van der Waals surface area (Å²) in [6.45, 7) is 6.50. The number of carbonyl (C=O) groups is 3. The molecule has 0 aliphatic rings. The summed E-state index contributed by atoms with van der Waals surface area (Å²) in [6, 6.07) is 0. The zero-order valence-electron chi connectivity index (χ0n) is 51.9. The van der Waals surface area contributed by atoms with Gasteiger partial charge in [-0.25, -0.2) is 0 Å². The highest BCUT2D eigenvalue weighted by molar-refractivity contribution is 5.71. The largest absolute Gasteiger partial charge is 0.462 e. The Balaban J connectivity index is 4.12. The second kappa shape index (κ2) is 66.4. The smallest absolute Gasteiger partial charge is 0.306 e. The summed E-state index contributed by atoms with van der Waals surface area (Å²) in [6.07, 6.45) is 86.5. The second-order valence-electron chi connectivity index (χ2n) is 22.7. The highest BCUT2D eigenvalue weighted by Gasteiger charge is 2.19. The van der Waals surface area contributed by atoms with E-state index in [1.165, 1.54) is 212 Å². The van der Waals surface area contributed by atoms with E-state index in [2.05, 4.69) is 93.7 Å². The van der Waals surface area contributed by atoms with Crippen LogP contribution >= 0.6 is 0 Å². The van der Waals surface area contributed by atoms with Crippen molar-refractivity contribution in [2.45, 2.75) is 354 Å². The lowest BCUT2D eigenvalue weighted by Crippen LogP contribution is -2.30. The molecule has 0 heterocycles. The maximum absolute atomic E-state index is 12.9. The van der Waals surface area contributed by atoms with E-state index in [4.69, 9.17) is 14.2 Å². The van der Waals surface area contributed by atoms with Crippen molar-refractivity contribution in [3.05, 3.63) is 72.9 Å². The minimum atomic E-state index is -0.777. The van der Waals surface area contributed by atoms with Crippen molar-refractivity contribution in [1.82, 2.24) is 0 Å². The third kappa shape index (κ3) is 63.7. The summed E-state index contributed by atoms with van der Waals surface area (Å²) in [5, 5.41) is 0. The van der Waals surface area contributed by atoms with Crippen LogP contribution in [0.5, 0.6) is 0 Å². The van der Waals surface area contributed by atoms with Crippen molar-refractivity contribution >= 4 is 17.9 Å². The van der Waals surface area contributed by atoms with Gasteiger partial charge < -0.3 is 14.2 Å². The number of rotatable bonds is 62. The van der Waals surface area contributed by atoms with Crippen LogP contribution in [0.1, 0.15) is 348 Å². The van der Waals surface area contributed by atoms with Gasteiger partial charge >= 0.3 is 17.9 Å². The number of allylic oxidation sites excluding steroid dienone is 12. The van der Waals surface area contributed by atoms with Crippen LogP contribution in [0.25, 0.3) is 0 Å². The molecule has 0 aliphatic carbocycles. The van der Waals surface area contributed by atoms with Crippen LogP contribution in [0.3, 0.4) is 0 Å². The Labute approximate surface area is 484 Å². The monoisotopic (exact) mass is 1090 g/mol. The normalized spacial score (nSPS) is 12.5. The SMILES string of the molecule is CC/C=C\C/C=C\C/C=C\C/C=C\CCCCCCCCCCCCCCCCCCCCC(=O)OCC(COC(=O)CCCCCCC/C=C\CCC)OC(=O)CCCCCCCCCCC/C=C\CCCCCCCC. The van der Waals surface area contributed by atoms with Crippen LogP contribution in [-0.2, 0) is 28.6 Å². The molecule has 0 aromatic heterocycles.